The lowest BCUT2D eigenvalue weighted by Crippen LogP contribution is -2.43. The zero-order chi connectivity index (χ0) is 13.7. The highest BCUT2D eigenvalue weighted by Gasteiger charge is 2.18. The van der Waals surface area contributed by atoms with E-state index in [0.717, 1.165) is 0 Å². The number of carbonyl (C=O) groups is 2. The predicted octanol–water partition coefficient (Wildman–Crippen LogP) is 1.51. The smallest absolute Gasteiger partial charge is 0.289 e. The van der Waals surface area contributed by atoms with E-state index in [1.54, 1.807) is 19.2 Å². The summed E-state index contributed by atoms with van der Waals surface area (Å²) < 4.78 is 4.99. The number of rotatable bonds is 5. The summed E-state index contributed by atoms with van der Waals surface area (Å²) in [4.78, 5) is 24.9. The van der Waals surface area contributed by atoms with Crippen molar-refractivity contribution < 1.29 is 14.0 Å². The standard InChI is InChI=1S/C13H20N2O3/c1-9(2)10(3)14-12(16)8-15(4)13(17)11-6-5-7-18-11/h5-7,9-10H,8H2,1-4H3,(H,14,16). The largest absolute Gasteiger partial charge is 0.459 e. The summed E-state index contributed by atoms with van der Waals surface area (Å²) in [6.07, 6.45) is 1.43. The van der Waals surface area contributed by atoms with Crippen LogP contribution in [0, 0.1) is 5.92 Å². The van der Waals surface area contributed by atoms with E-state index in [2.05, 4.69) is 5.32 Å². The van der Waals surface area contributed by atoms with Crippen molar-refractivity contribution in [3.8, 4) is 0 Å². The first-order chi connectivity index (χ1) is 8.41. The number of amides is 2. The van der Waals surface area contributed by atoms with Gasteiger partial charge in [0.05, 0.1) is 12.8 Å². The number of carbonyl (C=O) groups excluding carboxylic acids is 2. The lowest BCUT2D eigenvalue weighted by atomic mass is 10.1. The summed E-state index contributed by atoms with van der Waals surface area (Å²) in [5.41, 5.74) is 0. The molecule has 0 aliphatic heterocycles. The first-order valence-corrected chi connectivity index (χ1v) is 6.00. The third-order valence-electron chi connectivity index (χ3n) is 2.85. The Balaban J connectivity index is 2.47. The molecule has 5 heteroatoms. The second kappa shape index (κ2) is 6.23. The maximum absolute atomic E-state index is 11.8. The van der Waals surface area contributed by atoms with Gasteiger partial charge in [0.1, 0.15) is 0 Å². The van der Waals surface area contributed by atoms with Crippen LogP contribution in [-0.4, -0.2) is 36.3 Å². The molecule has 0 aliphatic carbocycles. The number of nitrogens with one attached hydrogen (secondary N) is 1. The fourth-order valence-corrected chi connectivity index (χ4v) is 1.34. The van der Waals surface area contributed by atoms with Crippen LogP contribution in [0.1, 0.15) is 31.3 Å². The lowest BCUT2D eigenvalue weighted by molar-refractivity contribution is -0.122. The van der Waals surface area contributed by atoms with Crippen molar-refractivity contribution in [1.29, 1.82) is 0 Å². The Morgan fingerprint density at radius 2 is 2.06 bits per heavy atom. The van der Waals surface area contributed by atoms with E-state index in [1.165, 1.54) is 11.2 Å². The van der Waals surface area contributed by atoms with Gasteiger partial charge in [-0.2, -0.15) is 0 Å². The van der Waals surface area contributed by atoms with Crippen LogP contribution in [0.15, 0.2) is 22.8 Å². The van der Waals surface area contributed by atoms with Crippen molar-refractivity contribution in [1.82, 2.24) is 10.2 Å². The van der Waals surface area contributed by atoms with E-state index in [1.807, 2.05) is 20.8 Å². The lowest BCUT2D eigenvalue weighted by Gasteiger charge is -2.20. The van der Waals surface area contributed by atoms with Crippen LogP contribution in [0.3, 0.4) is 0 Å². The van der Waals surface area contributed by atoms with Gasteiger partial charge in [-0.05, 0) is 25.0 Å². The summed E-state index contributed by atoms with van der Waals surface area (Å²) >= 11 is 0. The van der Waals surface area contributed by atoms with Gasteiger partial charge < -0.3 is 14.6 Å². The van der Waals surface area contributed by atoms with Gasteiger partial charge in [0, 0.05) is 13.1 Å². The second-order valence-corrected chi connectivity index (χ2v) is 4.74. The zero-order valence-electron chi connectivity index (χ0n) is 11.3. The highest BCUT2D eigenvalue weighted by Crippen LogP contribution is 2.04. The van der Waals surface area contributed by atoms with Gasteiger partial charge in [-0.3, -0.25) is 9.59 Å². The molecule has 1 aromatic heterocycles. The fraction of sp³-hybridized carbons (Fsp3) is 0.538. The zero-order valence-corrected chi connectivity index (χ0v) is 11.3. The van der Waals surface area contributed by atoms with E-state index in [9.17, 15) is 9.59 Å². The van der Waals surface area contributed by atoms with Crippen LogP contribution in [0.5, 0.6) is 0 Å². The van der Waals surface area contributed by atoms with Crippen molar-refractivity contribution in [3.05, 3.63) is 24.2 Å². The van der Waals surface area contributed by atoms with E-state index >= 15 is 0 Å². The molecule has 1 unspecified atom stereocenters. The summed E-state index contributed by atoms with van der Waals surface area (Å²) in [5.74, 6) is 0.133. The fourth-order valence-electron chi connectivity index (χ4n) is 1.34. The maximum atomic E-state index is 11.8. The normalized spacial score (nSPS) is 12.3. The molecule has 1 heterocycles. The molecule has 0 saturated carbocycles. The van der Waals surface area contributed by atoms with Crippen LogP contribution >= 0.6 is 0 Å². The van der Waals surface area contributed by atoms with E-state index < -0.39 is 0 Å². The molecule has 18 heavy (non-hydrogen) atoms. The average Bonchev–Trinajstić information content (AvgIpc) is 2.80. The SMILES string of the molecule is CC(C)C(C)NC(=O)CN(C)C(=O)c1ccco1. The molecule has 0 aromatic carbocycles. The summed E-state index contributed by atoms with van der Waals surface area (Å²) in [5, 5.41) is 2.85. The molecule has 2 amide bonds. The molecule has 5 nitrogen and oxygen atoms in total. The van der Waals surface area contributed by atoms with E-state index in [-0.39, 0.29) is 30.2 Å². The van der Waals surface area contributed by atoms with Gasteiger partial charge in [0.25, 0.3) is 5.91 Å². The highest BCUT2D eigenvalue weighted by atomic mass is 16.3. The van der Waals surface area contributed by atoms with Crippen LogP contribution < -0.4 is 5.32 Å². The maximum Gasteiger partial charge on any atom is 0.289 e. The van der Waals surface area contributed by atoms with Crippen molar-refractivity contribution in [2.75, 3.05) is 13.6 Å². The molecule has 0 aliphatic rings. The summed E-state index contributed by atoms with van der Waals surface area (Å²) in [6, 6.07) is 3.31. The van der Waals surface area contributed by atoms with Crippen molar-refractivity contribution >= 4 is 11.8 Å². The van der Waals surface area contributed by atoms with Crippen molar-refractivity contribution in [3.63, 3.8) is 0 Å². The van der Waals surface area contributed by atoms with E-state index in [0.29, 0.717) is 5.92 Å². The number of likely N-dealkylation sites (N-methyl/N-ethyl adjacent to an activating group) is 1. The molecule has 0 bridgehead atoms. The molecule has 0 saturated heterocycles. The molecule has 0 fully saturated rings. The van der Waals surface area contributed by atoms with Gasteiger partial charge in [-0.1, -0.05) is 13.8 Å². The van der Waals surface area contributed by atoms with Gasteiger partial charge in [0.2, 0.25) is 5.91 Å². The first kappa shape index (κ1) is 14.3. The monoisotopic (exact) mass is 252 g/mol. The average molecular weight is 252 g/mol. The van der Waals surface area contributed by atoms with Gasteiger partial charge in [0.15, 0.2) is 5.76 Å². The molecule has 1 N–H and O–H groups in total. The molecule has 0 radical (unpaired) electrons. The molecule has 100 valence electrons. The van der Waals surface area contributed by atoms with Crippen LogP contribution in [-0.2, 0) is 4.79 Å². The van der Waals surface area contributed by atoms with Crippen LogP contribution in [0.2, 0.25) is 0 Å². The van der Waals surface area contributed by atoms with Gasteiger partial charge in [-0.25, -0.2) is 0 Å². The predicted molar refractivity (Wildman–Crippen MR) is 68.1 cm³/mol. The number of furan rings is 1. The van der Waals surface area contributed by atoms with Crippen molar-refractivity contribution in [2.24, 2.45) is 5.92 Å². The Hall–Kier alpha value is -1.78. The Morgan fingerprint density at radius 1 is 1.39 bits per heavy atom. The van der Waals surface area contributed by atoms with Crippen LogP contribution in [0.4, 0.5) is 0 Å². The Morgan fingerprint density at radius 3 is 2.56 bits per heavy atom. The Labute approximate surface area is 107 Å². The summed E-state index contributed by atoms with van der Waals surface area (Å²) in [7, 11) is 1.57. The molecular formula is C13H20N2O3. The number of hydrogen-bond donors (Lipinski definition) is 1. The van der Waals surface area contributed by atoms with E-state index in [4.69, 9.17) is 4.42 Å². The molecule has 1 rings (SSSR count). The van der Waals surface area contributed by atoms with Crippen molar-refractivity contribution in [2.45, 2.75) is 26.8 Å². The summed E-state index contributed by atoms with van der Waals surface area (Å²) in [6.45, 7) is 6.03. The Bertz CT molecular complexity index is 398. The minimum atomic E-state index is -0.299. The van der Waals surface area contributed by atoms with Crippen LogP contribution in [0.25, 0.3) is 0 Å². The third kappa shape index (κ3) is 3.91. The van der Waals surface area contributed by atoms with Gasteiger partial charge in [-0.15, -0.1) is 0 Å². The molecule has 1 aromatic rings. The number of nitrogens with zero attached hydrogens (tertiary/aromatic N) is 1. The molecular weight excluding hydrogens is 232 g/mol. The minimum absolute atomic E-state index is 0.0244. The quantitative estimate of drug-likeness (QED) is 0.864. The van der Waals surface area contributed by atoms with Gasteiger partial charge >= 0.3 is 0 Å². The first-order valence-electron chi connectivity index (χ1n) is 6.00. The molecule has 0 spiro atoms. The number of hydrogen-bond acceptors (Lipinski definition) is 3. The highest BCUT2D eigenvalue weighted by molar-refractivity contribution is 5.94. The minimum Gasteiger partial charge on any atom is -0.459 e. The molecule has 1 atom stereocenters. The third-order valence-corrected chi connectivity index (χ3v) is 2.85. The second-order valence-electron chi connectivity index (χ2n) is 4.74. The topological polar surface area (TPSA) is 62.6 Å². The Kier molecular flexibility index (Phi) is 4.95.